The van der Waals surface area contributed by atoms with E-state index in [0.717, 1.165) is 18.5 Å². The van der Waals surface area contributed by atoms with Gasteiger partial charge in [0.1, 0.15) is 11.4 Å². The number of piperazine rings is 1. The van der Waals surface area contributed by atoms with Crippen LogP contribution in [-0.4, -0.2) is 59.4 Å². The van der Waals surface area contributed by atoms with E-state index in [9.17, 15) is 19.1 Å². The first-order valence-corrected chi connectivity index (χ1v) is 10.4. The maximum Gasteiger partial charge on any atom is 0.243 e. The van der Waals surface area contributed by atoms with Crippen LogP contribution >= 0.6 is 0 Å². The first-order chi connectivity index (χ1) is 13.8. The van der Waals surface area contributed by atoms with Crippen LogP contribution in [0, 0.1) is 17.7 Å². The quantitative estimate of drug-likeness (QED) is 0.683. The molecule has 1 aliphatic carbocycles. The Bertz CT molecular complexity index is 802. The predicted octanol–water partition coefficient (Wildman–Crippen LogP) is 1.03. The molecule has 3 N–H and O–H groups in total. The van der Waals surface area contributed by atoms with Gasteiger partial charge in [-0.3, -0.25) is 14.9 Å². The maximum atomic E-state index is 13.6. The number of halogens is 1. The van der Waals surface area contributed by atoms with Crippen molar-refractivity contribution in [2.45, 2.75) is 51.0 Å². The molecule has 158 valence electrons. The fourth-order valence-electron chi connectivity index (χ4n) is 4.87. The van der Waals surface area contributed by atoms with Crippen LogP contribution in [0.15, 0.2) is 24.3 Å². The molecule has 1 saturated carbocycles. The number of carbonyl (C=O) groups excluding carboxylic acids is 2. The average Bonchev–Trinajstić information content (AvgIpc) is 3.48. The van der Waals surface area contributed by atoms with E-state index in [1.54, 1.807) is 6.07 Å². The molecule has 8 heteroatoms. The Kier molecular flexibility index (Phi) is 5.25. The molecule has 0 radical (unpaired) electrons. The third kappa shape index (κ3) is 3.83. The Hall–Kier alpha value is -2.19. The highest BCUT2D eigenvalue weighted by Gasteiger charge is 2.56. The second kappa shape index (κ2) is 7.57. The molecule has 1 aromatic carbocycles. The summed E-state index contributed by atoms with van der Waals surface area (Å²) in [7, 11) is 0. The topological polar surface area (TPSA) is 84.9 Å². The van der Waals surface area contributed by atoms with E-state index in [2.05, 4.69) is 15.5 Å². The summed E-state index contributed by atoms with van der Waals surface area (Å²) in [5, 5.41) is 15.4. The van der Waals surface area contributed by atoms with Crippen molar-refractivity contribution in [3.8, 4) is 0 Å². The molecule has 4 atom stereocenters. The molecule has 0 aromatic heterocycles. The van der Waals surface area contributed by atoms with Crippen molar-refractivity contribution in [2.75, 3.05) is 24.5 Å². The minimum atomic E-state index is -1.06. The van der Waals surface area contributed by atoms with Crippen LogP contribution < -0.4 is 15.5 Å². The van der Waals surface area contributed by atoms with Crippen LogP contribution in [0.4, 0.5) is 10.1 Å². The molecule has 4 rings (SSSR count). The van der Waals surface area contributed by atoms with Gasteiger partial charge in [-0.15, -0.1) is 0 Å². The van der Waals surface area contributed by atoms with E-state index in [4.69, 9.17) is 0 Å². The highest BCUT2D eigenvalue weighted by molar-refractivity contribution is 5.90. The monoisotopic (exact) mass is 404 g/mol. The largest absolute Gasteiger partial charge is 0.365 e. The van der Waals surface area contributed by atoms with Crippen molar-refractivity contribution in [3.05, 3.63) is 30.1 Å². The van der Waals surface area contributed by atoms with Crippen LogP contribution in [-0.2, 0) is 9.59 Å². The number of hydrogen-bond donors (Lipinski definition) is 3. The Morgan fingerprint density at radius 2 is 2.14 bits per heavy atom. The van der Waals surface area contributed by atoms with Crippen LogP contribution in [0.5, 0.6) is 0 Å². The van der Waals surface area contributed by atoms with Gasteiger partial charge in [0, 0.05) is 37.3 Å². The molecule has 3 aliphatic rings. The lowest BCUT2D eigenvalue weighted by atomic mass is 9.83. The molecule has 29 heavy (non-hydrogen) atoms. The predicted molar refractivity (Wildman–Crippen MR) is 106 cm³/mol. The second-order valence-electron chi connectivity index (χ2n) is 8.68. The van der Waals surface area contributed by atoms with E-state index in [-0.39, 0.29) is 35.5 Å². The third-order valence-electron chi connectivity index (χ3n) is 6.47. The minimum Gasteiger partial charge on any atom is -0.365 e. The van der Waals surface area contributed by atoms with Crippen molar-refractivity contribution in [2.24, 2.45) is 11.8 Å². The van der Waals surface area contributed by atoms with Crippen LogP contribution in [0.3, 0.4) is 0 Å². The van der Waals surface area contributed by atoms with Gasteiger partial charge in [-0.05, 0) is 50.3 Å². The second-order valence-corrected chi connectivity index (χ2v) is 8.68. The molecule has 7 nitrogen and oxygen atoms in total. The minimum absolute atomic E-state index is 0.0201. The molecule has 0 bridgehead atoms. The lowest BCUT2D eigenvalue weighted by Gasteiger charge is -2.42. The Labute approximate surface area is 170 Å². The van der Waals surface area contributed by atoms with Gasteiger partial charge in [-0.1, -0.05) is 13.0 Å². The van der Waals surface area contributed by atoms with Crippen LogP contribution in [0.25, 0.3) is 0 Å². The summed E-state index contributed by atoms with van der Waals surface area (Å²) in [6.07, 6.45) is 1.17. The summed E-state index contributed by atoms with van der Waals surface area (Å²) in [6.45, 7) is 5.63. The summed E-state index contributed by atoms with van der Waals surface area (Å²) < 4.78 is 13.6. The molecule has 2 saturated heterocycles. The smallest absolute Gasteiger partial charge is 0.243 e. The Morgan fingerprint density at radius 1 is 1.38 bits per heavy atom. The van der Waals surface area contributed by atoms with E-state index < -0.39 is 11.9 Å². The van der Waals surface area contributed by atoms with Gasteiger partial charge in [-0.2, -0.15) is 0 Å². The normalized spacial score (nSPS) is 31.0. The summed E-state index contributed by atoms with van der Waals surface area (Å²) in [4.78, 5) is 29.6. The molecular weight excluding hydrogens is 375 g/mol. The van der Waals surface area contributed by atoms with E-state index in [0.29, 0.717) is 26.1 Å². The molecule has 3 fully saturated rings. The number of carbonyl (C=O) groups is 2. The maximum absolute atomic E-state index is 13.6. The summed E-state index contributed by atoms with van der Waals surface area (Å²) >= 11 is 0. The molecule has 1 aromatic rings. The highest BCUT2D eigenvalue weighted by atomic mass is 19.1. The lowest BCUT2D eigenvalue weighted by Crippen LogP contribution is -2.56. The average molecular weight is 404 g/mol. The zero-order chi connectivity index (χ0) is 20.8. The fraction of sp³-hybridized carbons (Fsp3) is 0.619. The summed E-state index contributed by atoms with van der Waals surface area (Å²) in [5.74, 6) is -0.634. The zero-order valence-electron chi connectivity index (χ0n) is 16.9. The highest BCUT2D eigenvalue weighted by Crippen LogP contribution is 2.45. The lowest BCUT2D eigenvalue weighted by molar-refractivity contribution is -0.137. The van der Waals surface area contributed by atoms with Gasteiger partial charge in [0.05, 0.1) is 0 Å². The molecule has 2 aliphatic heterocycles. The van der Waals surface area contributed by atoms with Gasteiger partial charge in [0.2, 0.25) is 11.8 Å². The number of rotatable bonds is 5. The van der Waals surface area contributed by atoms with Crippen molar-refractivity contribution in [3.63, 3.8) is 0 Å². The van der Waals surface area contributed by atoms with Gasteiger partial charge in [0.25, 0.3) is 0 Å². The van der Waals surface area contributed by atoms with Crippen molar-refractivity contribution in [1.82, 2.24) is 15.5 Å². The molecule has 0 spiro atoms. The number of aliphatic hydroxyl groups is 1. The number of anilines is 1. The van der Waals surface area contributed by atoms with Gasteiger partial charge >= 0.3 is 0 Å². The van der Waals surface area contributed by atoms with Gasteiger partial charge < -0.3 is 20.2 Å². The van der Waals surface area contributed by atoms with Crippen LogP contribution in [0.1, 0.15) is 33.1 Å². The molecule has 3 unspecified atom stereocenters. The van der Waals surface area contributed by atoms with E-state index in [1.165, 1.54) is 12.1 Å². The summed E-state index contributed by atoms with van der Waals surface area (Å²) in [5.41, 5.74) is -0.0325. The van der Waals surface area contributed by atoms with Crippen molar-refractivity contribution in [1.29, 1.82) is 0 Å². The number of amides is 2. The first kappa shape index (κ1) is 20.1. The standard InChI is InChI=1S/C21H29FN4O3/c1-13(11-21(15-6-7-15)19(28)23-20(29)24-21)18(27)25-8-9-26(14(2)12-25)17-5-3-4-16(22)10-17/h3-5,10,13-15,20,24,29H,6-9,11-12H2,1-2H3,(H,23,28)/t13?,14-,20?,21?/m0/s1. The Balaban J connectivity index is 1.40. The number of hydrogen-bond acceptors (Lipinski definition) is 5. The number of aliphatic hydroxyl groups excluding tert-OH is 1. The van der Waals surface area contributed by atoms with Crippen LogP contribution in [0.2, 0.25) is 0 Å². The number of nitrogens with one attached hydrogen (secondary N) is 2. The van der Waals surface area contributed by atoms with Crippen molar-refractivity contribution < 1.29 is 19.1 Å². The molecule has 2 heterocycles. The number of benzene rings is 1. The first-order valence-electron chi connectivity index (χ1n) is 10.4. The fourth-order valence-corrected chi connectivity index (χ4v) is 4.87. The summed E-state index contributed by atoms with van der Waals surface area (Å²) in [6, 6.07) is 6.59. The SMILES string of the molecule is CC(CC1(C2CC2)NC(O)NC1=O)C(=O)N1CCN(c2cccc(F)c2)[C@@H](C)C1. The molecular formula is C21H29FN4O3. The number of nitrogens with zero attached hydrogens (tertiary/aromatic N) is 2. The Morgan fingerprint density at radius 3 is 2.72 bits per heavy atom. The van der Waals surface area contributed by atoms with Crippen molar-refractivity contribution >= 4 is 17.5 Å². The van der Waals surface area contributed by atoms with Gasteiger partial charge in [0.15, 0.2) is 6.35 Å². The molecule has 2 amide bonds. The van der Waals surface area contributed by atoms with Gasteiger partial charge in [-0.25, -0.2) is 4.39 Å². The zero-order valence-corrected chi connectivity index (χ0v) is 16.9. The third-order valence-corrected chi connectivity index (χ3v) is 6.47. The van der Waals surface area contributed by atoms with E-state index >= 15 is 0 Å². The van der Waals surface area contributed by atoms with E-state index in [1.807, 2.05) is 24.8 Å².